The number of halogens is 1. The Labute approximate surface area is 248 Å². The highest BCUT2D eigenvalue weighted by Gasteiger charge is 2.43. The number of nitrogens with one attached hydrogen (secondary N) is 1. The van der Waals surface area contributed by atoms with Crippen LogP contribution in [0, 0.1) is 11.8 Å². The Bertz CT molecular complexity index is 1430. The first-order chi connectivity index (χ1) is 19.6. The third-order valence-corrected chi connectivity index (χ3v) is 10.4. The van der Waals surface area contributed by atoms with Gasteiger partial charge in [0.1, 0.15) is 5.75 Å². The van der Waals surface area contributed by atoms with Crippen LogP contribution in [0.5, 0.6) is 5.75 Å². The first-order valence-corrected chi connectivity index (χ1v) is 16.4. The number of aryl methyl sites for hydroxylation is 1. The number of sulfonamides is 1. The second-order valence-electron chi connectivity index (χ2n) is 11.8. The highest BCUT2D eigenvalue weighted by atomic mass is 35.5. The van der Waals surface area contributed by atoms with Crippen molar-refractivity contribution < 1.29 is 23.1 Å². The highest BCUT2D eigenvalue weighted by molar-refractivity contribution is 7.90. The molecule has 5 rings (SSSR count). The quantitative estimate of drug-likeness (QED) is 0.355. The minimum absolute atomic E-state index is 0.245. The van der Waals surface area contributed by atoms with Gasteiger partial charge in [-0.2, -0.15) is 0 Å². The maximum atomic E-state index is 13.0. The zero-order valence-corrected chi connectivity index (χ0v) is 24.9. The predicted molar refractivity (Wildman–Crippen MR) is 163 cm³/mol. The van der Waals surface area contributed by atoms with Crippen molar-refractivity contribution in [3.05, 3.63) is 83.4 Å². The van der Waals surface area contributed by atoms with Crippen LogP contribution in [0.15, 0.2) is 61.7 Å². The van der Waals surface area contributed by atoms with Crippen LogP contribution < -0.4 is 14.4 Å². The SMILES string of the molecule is C=CCS(=O)(=O)NC(=O)c1ccc2c(c1)N(C[C@@H]1CC[C@H]1CC[C@@H](O)C=C)C[C@@]1(CCCc3cc(Cl)ccc31)CO2. The van der Waals surface area contributed by atoms with Crippen LogP contribution in [0.1, 0.15) is 60.0 Å². The van der Waals surface area contributed by atoms with Gasteiger partial charge in [-0.05, 0) is 98.2 Å². The molecule has 2 aromatic rings. The number of rotatable bonds is 10. The summed E-state index contributed by atoms with van der Waals surface area (Å²) in [5, 5.41) is 10.8. The van der Waals surface area contributed by atoms with E-state index in [0.717, 1.165) is 55.8 Å². The third kappa shape index (κ3) is 6.50. The summed E-state index contributed by atoms with van der Waals surface area (Å²) in [4.78, 5) is 15.3. The van der Waals surface area contributed by atoms with Crippen molar-refractivity contribution in [1.29, 1.82) is 0 Å². The molecule has 2 N–H and O–H groups in total. The molecule has 1 heterocycles. The van der Waals surface area contributed by atoms with Gasteiger partial charge in [-0.1, -0.05) is 29.8 Å². The molecule has 2 aromatic carbocycles. The summed E-state index contributed by atoms with van der Waals surface area (Å²) in [7, 11) is -3.82. The molecule has 0 unspecified atom stereocenters. The molecule has 2 aliphatic carbocycles. The van der Waals surface area contributed by atoms with Gasteiger partial charge in [-0.3, -0.25) is 4.79 Å². The second-order valence-corrected chi connectivity index (χ2v) is 14.0. The molecule has 220 valence electrons. The Morgan fingerprint density at radius 2 is 2.02 bits per heavy atom. The van der Waals surface area contributed by atoms with Gasteiger partial charge in [0.05, 0.1) is 24.2 Å². The summed E-state index contributed by atoms with van der Waals surface area (Å²) in [6.07, 6.45) is 9.19. The van der Waals surface area contributed by atoms with E-state index < -0.39 is 22.0 Å². The van der Waals surface area contributed by atoms with Crippen LogP contribution >= 0.6 is 11.6 Å². The number of aliphatic hydroxyl groups is 1. The summed E-state index contributed by atoms with van der Waals surface area (Å²) >= 11 is 6.37. The Hall–Kier alpha value is -2.81. The van der Waals surface area contributed by atoms with Gasteiger partial charge in [-0.15, -0.1) is 13.2 Å². The number of carbonyl (C=O) groups is 1. The van der Waals surface area contributed by atoms with Gasteiger partial charge < -0.3 is 14.7 Å². The minimum Gasteiger partial charge on any atom is -0.490 e. The van der Waals surface area contributed by atoms with E-state index in [1.54, 1.807) is 24.3 Å². The minimum atomic E-state index is -3.82. The van der Waals surface area contributed by atoms with Crippen molar-refractivity contribution in [3.8, 4) is 5.75 Å². The Morgan fingerprint density at radius 1 is 1.22 bits per heavy atom. The van der Waals surface area contributed by atoms with E-state index in [4.69, 9.17) is 16.3 Å². The molecule has 9 heteroatoms. The molecule has 7 nitrogen and oxygen atoms in total. The van der Waals surface area contributed by atoms with Crippen molar-refractivity contribution >= 4 is 33.2 Å². The molecular formula is C32H39ClN2O5S. The van der Waals surface area contributed by atoms with E-state index in [9.17, 15) is 18.3 Å². The van der Waals surface area contributed by atoms with E-state index in [2.05, 4.69) is 34.9 Å². The lowest BCUT2D eigenvalue weighted by atomic mass is 9.68. The number of anilines is 1. The summed E-state index contributed by atoms with van der Waals surface area (Å²) in [5.41, 5.74) is 3.33. The zero-order chi connectivity index (χ0) is 29.2. The van der Waals surface area contributed by atoms with Crippen molar-refractivity contribution in [2.45, 2.75) is 56.5 Å². The molecule has 0 radical (unpaired) electrons. The van der Waals surface area contributed by atoms with Gasteiger partial charge in [0, 0.05) is 29.1 Å². The average molecular weight is 599 g/mol. The smallest absolute Gasteiger partial charge is 0.264 e. The number of aliphatic hydroxyl groups excluding tert-OH is 1. The fourth-order valence-electron chi connectivity index (χ4n) is 6.70. The fourth-order valence-corrected chi connectivity index (χ4v) is 7.69. The Balaban J connectivity index is 1.48. The average Bonchev–Trinajstić information content (AvgIpc) is 3.07. The molecular weight excluding hydrogens is 560 g/mol. The van der Waals surface area contributed by atoms with Gasteiger partial charge in [0.2, 0.25) is 10.0 Å². The maximum Gasteiger partial charge on any atom is 0.264 e. The third-order valence-electron chi connectivity index (χ3n) is 9.02. The molecule has 0 saturated heterocycles. The maximum absolute atomic E-state index is 13.0. The van der Waals surface area contributed by atoms with E-state index >= 15 is 0 Å². The van der Waals surface area contributed by atoms with Crippen LogP contribution in [0.2, 0.25) is 5.02 Å². The second kappa shape index (κ2) is 12.2. The van der Waals surface area contributed by atoms with Gasteiger partial charge in [0.15, 0.2) is 0 Å². The lowest BCUT2D eigenvalue weighted by Gasteiger charge is -2.44. The number of amides is 1. The lowest BCUT2D eigenvalue weighted by molar-refractivity contribution is 0.0981. The number of ether oxygens (including phenoxy) is 1. The van der Waals surface area contributed by atoms with Crippen molar-refractivity contribution in [1.82, 2.24) is 4.72 Å². The number of carbonyl (C=O) groups excluding carboxylic acids is 1. The van der Waals surface area contributed by atoms with Crippen LogP contribution in [0.3, 0.4) is 0 Å². The summed E-state index contributed by atoms with van der Waals surface area (Å²) in [5.74, 6) is 0.613. The molecule has 1 fully saturated rings. The topological polar surface area (TPSA) is 95.9 Å². The van der Waals surface area contributed by atoms with E-state index in [-0.39, 0.29) is 16.7 Å². The molecule has 3 aliphatic rings. The molecule has 0 bridgehead atoms. The van der Waals surface area contributed by atoms with Crippen LogP contribution in [-0.4, -0.2) is 51.0 Å². The van der Waals surface area contributed by atoms with Crippen molar-refractivity contribution in [2.75, 3.05) is 30.3 Å². The summed E-state index contributed by atoms with van der Waals surface area (Å²) < 4.78 is 33.2. The predicted octanol–water partition coefficient (Wildman–Crippen LogP) is 5.41. The first kappa shape index (κ1) is 29.7. The van der Waals surface area contributed by atoms with Crippen molar-refractivity contribution in [2.24, 2.45) is 11.8 Å². The molecule has 41 heavy (non-hydrogen) atoms. The number of fused-ring (bicyclic) bond motifs is 3. The number of nitrogens with zero attached hydrogens (tertiary/aromatic N) is 1. The highest BCUT2D eigenvalue weighted by Crippen LogP contribution is 2.46. The number of hydrogen-bond acceptors (Lipinski definition) is 6. The fraction of sp³-hybridized carbons (Fsp3) is 0.469. The Morgan fingerprint density at radius 3 is 2.76 bits per heavy atom. The van der Waals surface area contributed by atoms with Gasteiger partial charge in [0.25, 0.3) is 5.91 Å². The zero-order valence-electron chi connectivity index (χ0n) is 23.4. The molecule has 1 spiro atoms. The summed E-state index contributed by atoms with van der Waals surface area (Å²) in [6.45, 7) is 9.17. The van der Waals surface area contributed by atoms with E-state index in [1.165, 1.54) is 17.2 Å². The summed E-state index contributed by atoms with van der Waals surface area (Å²) in [6, 6.07) is 11.3. The Kier molecular flexibility index (Phi) is 8.83. The number of benzene rings is 2. The largest absolute Gasteiger partial charge is 0.490 e. The van der Waals surface area contributed by atoms with Crippen LogP contribution in [-0.2, 0) is 21.9 Å². The standard InChI is InChI=1S/C32H39ClN2O5S/c1-3-16-41(38,39)34-31(37)24-10-14-30-29(18-24)35(19-25-8-7-22(25)9-12-27(36)4-2)20-32(21-40-30)15-5-6-23-17-26(33)11-13-28(23)32/h3-4,10-11,13-14,17-18,22,25,27,36H,1-2,5-9,12,15-16,19-21H2,(H,34,37)/t22-,25-,27-,32-/m0/s1. The number of hydrogen-bond donors (Lipinski definition) is 2. The van der Waals surface area contributed by atoms with E-state index in [1.807, 2.05) is 6.07 Å². The molecule has 0 aromatic heterocycles. The molecule has 4 atom stereocenters. The van der Waals surface area contributed by atoms with Crippen LogP contribution in [0.25, 0.3) is 0 Å². The van der Waals surface area contributed by atoms with E-state index in [0.29, 0.717) is 37.2 Å². The molecule has 1 saturated carbocycles. The lowest BCUT2D eigenvalue weighted by Crippen LogP contribution is -2.48. The normalized spacial score (nSPS) is 24.2. The monoisotopic (exact) mass is 598 g/mol. The molecule has 1 amide bonds. The first-order valence-electron chi connectivity index (χ1n) is 14.4. The van der Waals surface area contributed by atoms with Crippen molar-refractivity contribution in [3.63, 3.8) is 0 Å². The molecule has 1 aliphatic heterocycles. The van der Waals surface area contributed by atoms with Gasteiger partial charge in [-0.25, -0.2) is 13.1 Å². The van der Waals surface area contributed by atoms with Crippen LogP contribution in [0.4, 0.5) is 5.69 Å². The van der Waals surface area contributed by atoms with Gasteiger partial charge >= 0.3 is 0 Å².